The van der Waals surface area contributed by atoms with Crippen molar-refractivity contribution in [2.75, 3.05) is 39.4 Å². The van der Waals surface area contributed by atoms with Gasteiger partial charge in [-0.25, -0.2) is 0 Å². The van der Waals surface area contributed by atoms with Crippen LogP contribution in [-0.2, 0) is 16.0 Å². The molecule has 0 atom stereocenters. The fourth-order valence-electron chi connectivity index (χ4n) is 4.34. The molecule has 3 aliphatic rings. The lowest BCUT2D eigenvalue weighted by molar-refractivity contribution is -0.139. The predicted molar refractivity (Wildman–Crippen MR) is 104 cm³/mol. The highest BCUT2D eigenvalue weighted by atomic mass is 16.5. The van der Waals surface area contributed by atoms with Gasteiger partial charge in [0.05, 0.1) is 13.2 Å². The number of amides is 2. The summed E-state index contributed by atoms with van der Waals surface area (Å²) in [5.41, 5.74) is 2.05. The Morgan fingerprint density at radius 2 is 1.56 bits per heavy atom. The molecule has 1 aliphatic carbocycles. The van der Waals surface area contributed by atoms with Crippen LogP contribution < -0.4 is 0 Å². The molecule has 1 saturated carbocycles. The molecule has 2 heterocycles. The molecule has 0 N–H and O–H groups in total. The largest absolute Gasteiger partial charge is 0.378 e. The second-order valence-electron chi connectivity index (χ2n) is 8.20. The third kappa shape index (κ3) is 4.34. The van der Waals surface area contributed by atoms with E-state index in [0.29, 0.717) is 44.0 Å². The number of hydrogen-bond acceptors (Lipinski definition) is 3. The van der Waals surface area contributed by atoms with Crippen LogP contribution in [0.15, 0.2) is 24.3 Å². The smallest absolute Gasteiger partial charge is 0.254 e. The van der Waals surface area contributed by atoms with E-state index in [1.807, 2.05) is 17.0 Å². The Kier molecular flexibility index (Phi) is 5.77. The first-order valence-corrected chi connectivity index (χ1v) is 10.5. The molecule has 27 heavy (non-hydrogen) atoms. The van der Waals surface area contributed by atoms with Crippen LogP contribution in [0.5, 0.6) is 0 Å². The van der Waals surface area contributed by atoms with E-state index in [9.17, 15) is 9.59 Å². The molecule has 0 spiro atoms. The Morgan fingerprint density at radius 3 is 2.15 bits per heavy atom. The van der Waals surface area contributed by atoms with Crippen LogP contribution in [0.4, 0.5) is 0 Å². The van der Waals surface area contributed by atoms with Crippen LogP contribution >= 0.6 is 0 Å². The number of hydrogen-bond donors (Lipinski definition) is 0. The number of nitrogens with zero attached hydrogens (tertiary/aromatic N) is 2. The summed E-state index contributed by atoms with van der Waals surface area (Å²) in [6, 6.07) is 8.11. The highest BCUT2D eigenvalue weighted by Gasteiger charge is 2.31. The molecule has 0 aromatic heterocycles. The molecule has 0 bridgehead atoms. The van der Waals surface area contributed by atoms with Crippen molar-refractivity contribution in [2.24, 2.45) is 11.8 Å². The van der Waals surface area contributed by atoms with Gasteiger partial charge < -0.3 is 14.5 Å². The van der Waals surface area contributed by atoms with Crippen LogP contribution in [0.1, 0.15) is 48.0 Å². The number of carbonyl (C=O) groups is 2. The summed E-state index contributed by atoms with van der Waals surface area (Å²) in [5.74, 6) is 1.45. The second-order valence-corrected chi connectivity index (χ2v) is 8.20. The minimum atomic E-state index is 0.104. The van der Waals surface area contributed by atoms with Crippen molar-refractivity contribution in [3.05, 3.63) is 35.4 Å². The number of piperidine rings is 1. The van der Waals surface area contributed by atoms with E-state index in [1.165, 1.54) is 12.0 Å². The highest BCUT2D eigenvalue weighted by molar-refractivity contribution is 5.94. The average Bonchev–Trinajstić information content (AvgIpc) is 2.68. The molecular weight excluding hydrogens is 340 g/mol. The van der Waals surface area contributed by atoms with Crippen molar-refractivity contribution in [3.63, 3.8) is 0 Å². The summed E-state index contributed by atoms with van der Waals surface area (Å²) < 4.78 is 5.32. The molecule has 3 fully saturated rings. The average molecular weight is 370 g/mol. The van der Waals surface area contributed by atoms with Crippen LogP contribution in [0.2, 0.25) is 0 Å². The lowest BCUT2D eigenvalue weighted by Gasteiger charge is -2.36. The highest BCUT2D eigenvalue weighted by Crippen LogP contribution is 2.30. The van der Waals surface area contributed by atoms with Gasteiger partial charge in [0.2, 0.25) is 5.91 Å². The first kappa shape index (κ1) is 18.5. The standard InChI is InChI=1S/C22H30N2O3/c25-21(19-2-1-3-19)23-10-8-18(9-11-23)16-17-4-6-20(7-5-17)22(26)24-12-14-27-15-13-24/h4-7,18-19H,1-3,8-16H2. The molecule has 146 valence electrons. The molecule has 4 rings (SSSR count). The lowest BCUT2D eigenvalue weighted by atomic mass is 9.83. The van der Waals surface area contributed by atoms with Gasteiger partial charge in [0.15, 0.2) is 0 Å². The van der Waals surface area contributed by atoms with E-state index in [2.05, 4.69) is 17.0 Å². The summed E-state index contributed by atoms with van der Waals surface area (Å²) in [6.45, 7) is 4.44. The van der Waals surface area contributed by atoms with Crippen molar-refractivity contribution in [1.29, 1.82) is 0 Å². The zero-order chi connectivity index (χ0) is 18.6. The number of rotatable bonds is 4. The van der Waals surface area contributed by atoms with Gasteiger partial charge in [-0.3, -0.25) is 9.59 Å². The van der Waals surface area contributed by atoms with Gasteiger partial charge >= 0.3 is 0 Å². The fourth-order valence-corrected chi connectivity index (χ4v) is 4.34. The SMILES string of the molecule is O=C(c1ccc(CC2CCN(C(=O)C3CCC3)CC2)cc1)N1CCOCC1. The van der Waals surface area contributed by atoms with Gasteiger partial charge in [0, 0.05) is 37.7 Å². The van der Waals surface area contributed by atoms with Crippen LogP contribution in [-0.4, -0.2) is 61.0 Å². The van der Waals surface area contributed by atoms with E-state index in [-0.39, 0.29) is 5.91 Å². The van der Waals surface area contributed by atoms with E-state index >= 15 is 0 Å². The maximum Gasteiger partial charge on any atom is 0.254 e. The monoisotopic (exact) mass is 370 g/mol. The first-order valence-electron chi connectivity index (χ1n) is 10.5. The van der Waals surface area contributed by atoms with Crippen molar-refractivity contribution >= 4 is 11.8 Å². The summed E-state index contributed by atoms with van der Waals surface area (Å²) in [7, 11) is 0. The summed E-state index contributed by atoms with van der Waals surface area (Å²) in [4.78, 5) is 28.8. The number of likely N-dealkylation sites (tertiary alicyclic amines) is 1. The lowest BCUT2D eigenvalue weighted by Crippen LogP contribution is -2.43. The molecular formula is C22H30N2O3. The van der Waals surface area contributed by atoms with E-state index in [1.54, 1.807) is 0 Å². The Morgan fingerprint density at radius 1 is 0.889 bits per heavy atom. The number of carbonyl (C=O) groups excluding carboxylic acids is 2. The molecule has 1 aromatic carbocycles. The van der Waals surface area contributed by atoms with Gasteiger partial charge in [-0.2, -0.15) is 0 Å². The Bertz CT molecular complexity index is 655. The fraction of sp³-hybridized carbons (Fsp3) is 0.636. The second kappa shape index (κ2) is 8.42. The van der Waals surface area contributed by atoms with Crippen LogP contribution in [0.25, 0.3) is 0 Å². The molecule has 5 nitrogen and oxygen atoms in total. The van der Waals surface area contributed by atoms with Crippen molar-refractivity contribution in [2.45, 2.75) is 38.5 Å². The maximum absolute atomic E-state index is 12.5. The molecule has 0 unspecified atom stereocenters. The van der Waals surface area contributed by atoms with Gasteiger partial charge in [-0.1, -0.05) is 18.6 Å². The number of benzene rings is 1. The molecule has 2 aliphatic heterocycles. The van der Waals surface area contributed by atoms with E-state index < -0.39 is 0 Å². The van der Waals surface area contributed by atoms with Crippen molar-refractivity contribution < 1.29 is 14.3 Å². The molecule has 2 saturated heterocycles. The molecule has 5 heteroatoms. The third-order valence-electron chi connectivity index (χ3n) is 6.40. The maximum atomic E-state index is 12.5. The normalized spacial score (nSPS) is 21.8. The Labute approximate surface area is 161 Å². The summed E-state index contributed by atoms with van der Waals surface area (Å²) in [6.07, 6.45) is 6.62. The topological polar surface area (TPSA) is 49.9 Å². The van der Waals surface area contributed by atoms with E-state index in [4.69, 9.17) is 4.74 Å². The number of ether oxygens (including phenoxy) is 1. The predicted octanol–water partition coefficient (Wildman–Crippen LogP) is 2.74. The quantitative estimate of drug-likeness (QED) is 0.819. The third-order valence-corrected chi connectivity index (χ3v) is 6.40. The minimum Gasteiger partial charge on any atom is -0.378 e. The Hall–Kier alpha value is -1.88. The van der Waals surface area contributed by atoms with Gasteiger partial charge in [0.1, 0.15) is 0 Å². The molecule has 1 aromatic rings. The zero-order valence-electron chi connectivity index (χ0n) is 16.1. The first-order chi connectivity index (χ1) is 13.2. The van der Waals surface area contributed by atoms with Crippen LogP contribution in [0, 0.1) is 11.8 Å². The van der Waals surface area contributed by atoms with Gasteiger partial charge in [-0.15, -0.1) is 0 Å². The van der Waals surface area contributed by atoms with E-state index in [0.717, 1.165) is 50.8 Å². The van der Waals surface area contributed by atoms with Crippen LogP contribution in [0.3, 0.4) is 0 Å². The molecule has 0 radical (unpaired) electrons. The molecule has 2 amide bonds. The van der Waals surface area contributed by atoms with Gasteiger partial charge in [0.25, 0.3) is 5.91 Å². The Balaban J connectivity index is 1.26. The summed E-state index contributed by atoms with van der Waals surface area (Å²) >= 11 is 0. The van der Waals surface area contributed by atoms with Gasteiger partial charge in [-0.05, 0) is 55.7 Å². The van der Waals surface area contributed by atoms with Crippen molar-refractivity contribution in [3.8, 4) is 0 Å². The van der Waals surface area contributed by atoms with Crippen molar-refractivity contribution in [1.82, 2.24) is 9.80 Å². The number of morpholine rings is 1. The summed E-state index contributed by atoms with van der Waals surface area (Å²) in [5, 5.41) is 0. The minimum absolute atomic E-state index is 0.104. The zero-order valence-corrected chi connectivity index (χ0v) is 16.1.